The molecule has 21 heavy (non-hydrogen) atoms. The van der Waals surface area contributed by atoms with Crippen molar-refractivity contribution in [2.45, 2.75) is 31.5 Å². The van der Waals surface area contributed by atoms with Gasteiger partial charge in [0.2, 0.25) is 0 Å². The average molecular weight is 307 g/mol. The van der Waals surface area contributed by atoms with Gasteiger partial charge in [-0.15, -0.1) is 10.2 Å². The monoisotopic (exact) mass is 307 g/mol. The minimum absolute atomic E-state index is 0.104. The van der Waals surface area contributed by atoms with Crippen LogP contribution in [0.25, 0.3) is 5.69 Å². The van der Waals surface area contributed by atoms with Gasteiger partial charge in [0.05, 0.1) is 5.75 Å². The number of nitrogens with zero attached hydrogens (tertiary/aromatic N) is 3. The van der Waals surface area contributed by atoms with Gasteiger partial charge >= 0.3 is 5.97 Å². The van der Waals surface area contributed by atoms with Crippen LogP contribution < -0.4 is 0 Å². The van der Waals surface area contributed by atoms with Gasteiger partial charge in [0, 0.05) is 5.69 Å². The lowest BCUT2D eigenvalue weighted by atomic mass is 10.0. The van der Waals surface area contributed by atoms with Crippen molar-refractivity contribution in [3.63, 3.8) is 0 Å². The molecule has 0 saturated carbocycles. The van der Waals surface area contributed by atoms with Crippen molar-refractivity contribution in [2.24, 2.45) is 0 Å². The van der Waals surface area contributed by atoms with Crippen LogP contribution in [-0.4, -0.2) is 36.7 Å². The Labute approximate surface area is 126 Å². The van der Waals surface area contributed by atoms with E-state index in [0.29, 0.717) is 16.9 Å². The van der Waals surface area contributed by atoms with Gasteiger partial charge in [-0.2, -0.15) is 0 Å². The lowest BCUT2D eigenvalue weighted by Gasteiger charge is -2.11. The number of carboxylic acids is 1. The van der Waals surface area contributed by atoms with E-state index in [9.17, 15) is 9.90 Å². The number of hydrogen-bond donors (Lipinski definition) is 2. The summed E-state index contributed by atoms with van der Waals surface area (Å²) in [7, 11) is 0. The van der Waals surface area contributed by atoms with Gasteiger partial charge < -0.3 is 10.2 Å². The Balaban J connectivity index is 2.36. The number of benzene rings is 1. The summed E-state index contributed by atoms with van der Waals surface area (Å²) in [5.74, 6) is -0.207. The largest absolute Gasteiger partial charge is 0.481 e. The first-order chi connectivity index (χ1) is 10.0. The average Bonchev–Trinajstić information content (AvgIpc) is 2.88. The van der Waals surface area contributed by atoms with Crippen LogP contribution in [0.5, 0.6) is 0 Å². The van der Waals surface area contributed by atoms with E-state index in [1.54, 1.807) is 4.57 Å². The summed E-state index contributed by atoms with van der Waals surface area (Å²) in [4.78, 5) is 10.7. The van der Waals surface area contributed by atoms with Crippen molar-refractivity contribution in [1.29, 1.82) is 0 Å². The second-order valence-corrected chi connectivity index (χ2v) is 5.76. The first kappa shape index (κ1) is 15.5. The Kier molecular flexibility index (Phi) is 4.98. The van der Waals surface area contributed by atoms with Gasteiger partial charge in [-0.3, -0.25) is 9.36 Å². The van der Waals surface area contributed by atoms with Crippen LogP contribution >= 0.6 is 11.8 Å². The predicted octanol–water partition coefficient (Wildman–Crippen LogP) is 2.06. The van der Waals surface area contributed by atoms with E-state index >= 15 is 0 Å². The number of aliphatic carboxylic acids is 1. The molecule has 0 saturated heterocycles. The molecule has 0 spiro atoms. The molecule has 2 rings (SSSR count). The van der Waals surface area contributed by atoms with E-state index in [4.69, 9.17) is 5.11 Å². The van der Waals surface area contributed by atoms with Crippen LogP contribution in [0.4, 0.5) is 0 Å². The highest BCUT2D eigenvalue weighted by molar-refractivity contribution is 7.99. The Bertz CT molecular complexity index is 623. The smallest absolute Gasteiger partial charge is 0.313 e. The van der Waals surface area contributed by atoms with Gasteiger partial charge in [-0.05, 0) is 23.6 Å². The van der Waals surface area contributed by atoms with Crippen molar-refractivity contribution in [3.8, 4) is 5.69 Å². The van der Waals surface area contributed by atoms with E-state index in [1.807, 2.05) is 24.3 Å². The number of rotatable bonds is 6. The van der Waals surface area contributed by atoms with E-state index < -0.39 is 5.97 Å². The second kappa shape index (κ2) is 6.73. The highest BCUT2D eigenvalue weighted by Crippen LogP contribution is 2.23. The van der Waals surface area contributed by atoms with E-state index in [2.05, 4.69) is 24.0 Å². The van der Waals surface area contributed by atoms with Crippen LogP contribution in [0, 0.1) is 0 Å². The first-order valence-corrected chi connectivity index (χ1v) is 7.51. The number of aliphatic hydroxyl groups excluding tert-OH is 1. The molecule has 0 aliphatic heterocycles. The van der Waals surface area contributed by atoms with Crippen LogP contribution in [-0.2, 0) is 11.4 Å². The van der Waals surface area contributed by atoms with Gasteiger partial charge in [0.15, 0.2) is 11.0 Å². The van der Waals surface area contributed by atoms with Crippen LogP contribution in [0.15, 0.2) is 29.4 Å². The zero-order chi connectivity index (χ0) is 15.4. The quantitative estimate of drug-likeness (QED) is 0.794. The summed E-state index contributed by atoms with van der Waals surface area (Å²) < 4.78 is 1.68. The molecule has 1 aromatic carbocycles. The first-order valence-electron chi connectivity index (χ1n) is 6.53. The second-order valence-electron chi connectivity index (χ2n) is 4.82. The third-order valence-corrected chi connectivity index (χ3v) is 3.90. The molecule has 6 nitrogen and oxygen atoms in total. The zero-order valence-corrected chi connectivity index (χ0v) is 12.7. The van der Waals surface area contributed by atoms with Crippen molar-refractivity contribution in [1.82, 2.24) is 14.8 Å². The molecule has 0 aliphatic rings. The normalized spacial score (nSPS) is 11.0. The Morgan fingerprint density at radius 3 is 2.48 bits per heavy atom. The zero-order valence-electron chi connectivity index (χ0n) is 11.9. The van der Waals surface area contributed by atoms with E-state index in [-0.39, 0.29) is 12.4 Å². The Morgan fingerprint density at radius 2 is 1.95 bits per heavy atom. The molecule has 112 valence electrons. The molecular weight excluding hydrogens is 290 g/mol. The Hall–Kier alpha value is -1.86. The maximum Gasteiger partial charge on any atom is 0.313 e. The minimum atomic E-state index is -0.921. The van der Waals surface area contributed by atoms with Gasteiger partial charge in [-0.1, -0.05) is 37.7 Å². The standard InChI is InChI=1S/C14H17N3O3S/c1-9(2)10-3-5-11(6-4-10)17-12(7-18)15-16-14(17)21-8-13(19)20/h3-6,9,18H,7-8H2,1-2H3,(H,19,20). The summed E-state index contributed by atoms with van der Waals surface area (Å²) in [5.41, 5.74) is 2.01. The molecule has 1 heterocycles. The fraction of sp³-hybridized carbons (Fsp3) is 0.357. The number of carboxylic acid groups (broad SMARTS) is 1. The fourth-order valence-electron chi connectivity index (χ4n) is 1.89. The fourth-order valence-corrected chi connectivity index (χ4v) is 2.58. The lowest BCUT2D eigenvalue weighted by molar-refractivity contribution is -0.133. The molecule has 0 bridgehead atoms. The molecule has 0 amide bonds. The number of aromatic nitrogens is 3. The summed E-state index contributed by atoms with van der Waals surface area (Å²) in [5, 5.41) is 26.4. The number of carbonyl (C=O) groups is 1. The number of thioether (sulfide) groups is 1. The molecule has 0 unspecified atom stereocenters. The predicted molar refractivity (Wildman–Crippen MR) is 79.7 cm³/mol. The van der Waals surface area contributed by atoms with Crippen molar-refractivity contribution < 1.29 is 15.0 Å². The van der Waals surface area contributed by atoms with Crippen molar-refractivity contribution in [2.75, 3.05) is 5.75 Å². The molecule has 7 heteroatoms. The summed E-state index contributed by atoms with van der Waals surface area (Å²) in [6, 6.07) is 7.85. The van der Waals surface area contributed by atoms with Crippen molar-refractivity contribution >= 4 is 17.7 Å². The van der Waals surface area contributed by atoms with Crippen LogP contribution in [0.3, 0.4) is 0 Å². The molecule has 0 aliphatic carbocycles. The Morgan fingerprint density at radius 1 is 1.29 bits per heavy atom. The van der Waals surface area contributed by atoms with E-state index in [1.165, 1.54) is 5.56 Å². The van der Waals surface area contributed by atoms with Gasteiger partial charge in [0.25, 0.3) is 0 Å². The van der Waals surface area contributed by atoms with E-state index in [0.717, 1.165) is 17.4 Å². The summed E-state index contributed by atoms with van der Waals surface area (Å²) >= 11 is 1.08. The van der Waals surface area contributed by atoms with Crippen molar-refractivity contribution in [3.05, 3.63) is 35.7 Å². The highest BCUT2D eigenvalue weighted by atomic mass is 32.2. The molecule has 2 N–H and O–H groups in total. The SMILES string of the molecule is CC(C)c1ccc(-n2c(CO)nnc2SCC(=O)O)cc1. The topological polar surface area (TPSA) is 88.2 Å². The van der Waals surface area contributed by atoms with Gasteiger partial charge in [-0.25, -0.2) is 0 Å². The number of aliphatic hydroxyl groups is 1. The molecule has 0 atom stereocenters. The van der Waals surface area contributed by atoms with Gasteiger partial charge in [0.1, 0.15) is 6.61 Å². The number of hydrogen-bond acceptors (Lipinski definition) is 5. The molecular formula is C14H17N3O3S. The summed E-state index contributed by atoms with van der Waals surface area (Å²) in [6.45, 7) is 3.97. The lowest BCUT2D eigenvalue weighted by Crippen LogP contribution is -2.05. The summed E-state index contributed by atoms with van der Waals surface area (Å²) in [6.07, 6.45) is 0. The molecule has 0 radical (unpaired) electrons. The third kappa shape index (κ3) is 3.62. The maximum absolute atomic E-state index is 10.7. The maximum atomic E-state index is 10.7. The molecule has 1 aromatic heterocycles. The highest BCUT2D eigenvalue weighted by Gasteiger charge is 2.15. The molecule has 2 aromatic rings. The molecule has 0 fully saturated rings. The van der Waals surface area contributed by atoms with Crippen LogP contribution in [0.2, 0.25) is 0 Å². The minimum Gasteiger partial charge on any atom is -0.481 e. The van der Waals surface area contributed by atoms with Crippen LogP contribution in [0.1, 0.15) is 31.2 Å². The third-order valence-electron chi connectivity index (χ3n) is 2.98.